The van der Waals surface area contributed by atoms with Crippen molar-refractivity contribution in [3.8, 4) is 11.5 Å². The van der Waals surface area contributed by atoms with Crippen molar-refractivity contribution in [2.45, 2.75) is 46.3 Å². The summed E-state index contributed by atoms with van der Waals surface area (Å²) in [5.74, 6) is -2.23. The number of pyridine rings is 1. The Balaban J connectivity index is 1.62. The summed E-state index contributed by atoms with van der Waals surface area (Å²) in [6.07, 6.45) is 1.40. The second kappa shape index (κ2) is 18.4. The van der Waals surface area contributed by atoms with Crippen LogP contribution >= 0.6 is 0 Å². The van der Waals surface area contributed by atoms with Gasteiger partial charge in [-0.05, 0) is 31.4 Å². The maximum atomic E-state index is 13.3. The van der Waals surface area contributed by atoms with E-state index in [1.165, 1.54) is 19.4 Å². The fourth-order valence-corrected chi connectivity index (χ4v) is 4.34. The summed E-state index contributed by atoms with van der Waals surface area (Å²) in [7, 11) is 1.41. The molecule has 3 atom stereocenters. The van der Waals surface area contributed by atoms with Crippen molar-refractivity contribution in [1.82, 2.24) is 4.98 Å². The molecule has 0 spiro atoms. The fourth-order valence-electron chi connectivity index (χ4n) is 4.34. The molecule has 3 aromatic rings. The molecule has 0 aliphatic carbocycles. The van der Waals surface area contributed by atoms with E-state index in [1.54, 1.807) is 13.8 Å². The summed E-state index contributed by atoms with van der Waals surface area (Å²) in [6, 6.07) is 21.3. The molecule has 0 unspecified atom stereocenters. The Morgan fingerprint density at radius 1 is 0.886 bits per heavy atom. The molecule has 0 saturated carbocycles. The van der Waals surface area contributed by atoms with Gasteiger partial charge < -0.3 is 28.4 Å². The van der Waals surface area contributed by atoms with Crippen molar-refractivity contribution in [3.05, 3.63) is 89.7 Å². The molecule has 0 fully saturated rings. The summed E-state index contributed by atoms with van der Waals surface area (Å²) in [4.78, 5) is 42.3. The van der Waals surface area contributed by atoms with Crippen molar-refractivity contribution in [3.63, 3.8) is 0 Å². The van der Waals surface area contributed by atoms with Crippen molar-refractivity contribution < 1.29 is 42.8 Å². The molecular weight excluding hydrogens is 566 g/mol. The topological polar surface area (TPSA) is 119 Å². The normalized spacial score (nSPS) is 12.9. The van der Waals surface area contributed by atoms with Gasteiger partial charge in [0.1, 0.15) is 12.7 Å². The largest absolute Gasteiger partial charge is 0.493 e. The van der Waals surface area contributed by atoms with Gasteiger partial charge >= 0.3 is 11.9 Å². The van der Waals surface area contributed by atoms with Crippen LogP contribution in [0.4, 0.5) is 0 Å². The molecule has 0 aliphatic rings. The molecule has 3 rings (SSSR count). The fraction of sp³-hybridized carbons (Fsp3) is 0.412. The number of methoxy groups -OCH3 is 1. The molecule has 0 bridgehead atoms. The van der Waals surface area contributed by atoms with E-state index in [0.717, 1.165) is 11.1 Å². The van der Waals surface area contributed by atoms with Crippen LogP contribution in [0.2, 0.25) is 0 Å². The third-order valence-electron chi connectivity index (χ3n) is 6.84. The lowest BCUT2D eigenvalue weighted by molar-refractivity contribution is -0.157. The Kier molecular flexibility index (Phi) is 14.3. The first-order chi connectivity index (χ1) is 21.3. The predicted molar refractivity (Wildman–Crippen MR) is 162 cm³/mol. The van der Waals surface area contributed by atoms with Crippen molar-refractivity contribution in [2.75, 3.05) is 33.7 Å². The molecule has 1 heterocycles. The van der Waals surface area contributed by atoms with Gasteiger partial charge in [-0.25, -0.2) is 9.78 Å². The first-order valence-electron chi connectivity index (χ1n) is 14.6. The van der Waals surface area contributed by atoms with Gasteiger partial charge in [-0.3, -0.25) is 9.59 Å². The average Bonchev–Trinajstić information content (AvgIpc) is 3.04. The van der Waals surface area contributed by atoms with Crippen LogP contribution in [0.15, 0.2) is 72.9 Å². The number of Topliss-reactive ketones (excluding diaryl/α,β-unsaturated/α-hetero) is 1. The minimum atomic E-state index is -0.766. The molecule has 1 aromatic heterocycles. The predicted octanol–water partition coefficient (Wildman–Crippen LogP) is 5.22. The smallest absolute Gasteiger partial charge is 0.334 e. The van der Waals surface area contributed by atoms with Gasteiger partial charge in [-0.2, -0.15) is 0 Å². The van der Waals surface area contributed by atoms with Crippen LogP contribution in [0.1, 0.15) is 48.8 Å². The SMILES string of the molecule is CCOCC(=O)OCOc1c(OC)ccnc1C(=O)C[C@@H](C)C(=O)O[C@@H](C)[C@@H](COCc1ccccc1)Cc1ccccc1. The van der Waals surface area contributed by atoms with Crippen LogP contribution in [-0.2, 0) is 41.6 Å². The molecule has 44 heavy (non-hydrogen) atoms. The molecule has 0 radical (unpaired) electrons. The van der Waals surface area contributed by atoms with E-state index in [4.69, 9.17) is 28.4 Å². The number of rotatable bonds is 19. The molecule has 2 aromatic carbocycles. The number of hydrogen-bond donors (Lipinski definition) is 0. The molecule has 0 saturated heterocycles. The zero-order valence-corrected chi connectivity index (χ0v) is 25.7. The van der Waals surface area contributed by atoms with E-state index >= 15 is 0 Å². The number of benzene rings is 2. The first kappa shape index (κ1) is 34.2. The number of nitrogens with zero attached hydrogens (tertiary/aromatic N) is 1. The maximum Gasteiger partial charge on any atom is 0.334 e. The van der Waals surface area contributed by atoms with Crippen LogP contribution in [0.5, 0.6) is 11.5 Å². The third-order valence-corrected chi connectivity index (χ3v) is 6.84. The molecular formula is C34H41NO9. The molecule has 236 valence electrons. The molecule has 0 N–H and O–H groups in total. The van der Waals surface area contributed by atoms with Gasteiger partial charge in [0.25, 0.3) is 0 Å². The van der Waals surface area contributed by atoms with Crippen LogP contribution in [-0.4, -0.2) is 62.5 Å². The third kappa shape index (κ3) is 11.1. The van der Waals surface area contributed by atoms with Crippen molar-refractivity contribution >= 4 is 17.7 Å². The van der Waals surface area contributed by atoms with Crippen LogP contribution < -0.4 is 9.47 Å². The minimum absolute atomic E-state index is 0.0108. The number of ether oxygens (including phenoxy) is 6. The number of esters is 2. The van der Waals surface area contributed by atoms with Crippen LogP contribution in [0, 0.1) is 11.8 Å². The zero-order chi connectivity index (χ0) is 31.7. The minimum Gasteiger partial charge on any atom is -0.493 e. The van der Waals surface area contributed by atoms with Gasteiger partial charge in [0.05, 0.1) is 26.2 Å². The van der Waals surface area contributed by atoms with E-state index < -0.39 is 36.5 Å². The number of ketones is 1. The van der Waals surface area contributed by atoms with E-state index in [-0.39, 0.29) is 36.1 Å². The molecule has 0 aliphatic heterocycles. The van der Waals surface area contributed by atoms with E-state index in [2.05, 4.69) is 4.98 Å². The Hall–Kier alpha value is -4.28. The first-order valence-corrected chi connectivity index (χ1v) is 14.6. The van der Waals surface area contributed by atoms with Crippen molar-refractivity contribution in [1.29, 1.82) is 0 Å². The van der Waals surface area contributed by atoms with Crippen LogP contribution in [0.25, 0.3) is 0 Å². The van der Waals surface area contributed by atoms with Gasteiger partial charge in [0, 0.05) is 31.2 Å². The van der Waals surface area contributed by atoms with E-state index in [1.807, 2.05) is 67.6 Å². The number of carbonyl (C=O) groups excluding carboxylic acids is 3. The monoisotopic (exact) mass is 607 g/mol. The number of hydrogen-bond acceptors (Lipinski definition) is 10. The Morgan fingerprint density at radius 2 is 1.57 bits per heavy atom. The summed E-state index contributed by atoms with van der Waals surface area (Å²) in [6.45, 7) is 5.72. The summed E-state index contributed by atoms with van der Waals surface area (Å²) < 4.78 is 32.8. The zero-order valence-electron chi connectivity index (χ0n) is 25.7. The highest BCUT2D eigenvalue weighted by atomic mass is 16.7. The number of carbonyl (C=O) groups is 3. The van der Waals surface area contributed by atoms with Crippen LogP contribution in [0.3, 0.4) is 0 Å². The maximum absolute atomic E-state index is 13.3. The molecule has 0 amide bonds. The lowest BCUT2D eigenvalue weighted by Crippen LogP contribution is -2.32. The Morgan fingerprint density at radius 3 is 2.23 bits per heavy atom. The van der Waals surface area contributed by atoms with Gasteiger partial charge in [0.2, 0.25) is 6.79 Å². The quantitative estimate of drug-likeness (QED) is 0.102. The van der Waals surface area contributed by atoms with Gasteiger partial charge in [-0.15, -0.1) is 0 Å². The summed E-state index contributed by atoms with van der Waals surface area (Å²) >= 11 is 0. The lowest BCUT2D eigenvalue weighted by Gasteiger charge is -2.25. The second-order valence-electron chi connectivity index (χ2n) is 10.2. The average molecular weight is 608 g/mol. The standard InChI is InChI=1S/C34H41NO9/c1-5-40-22-31(37)42-23-43-33-30(39-4)16-17-35-32(33)29(36)18-24(2)34(38)44-25(3)28(19-26-12-8-6-9-13-26)21-41-20-27-14-10-7-11-15-27/h6-17,24-25,28H,5,18-23H2,1-4H3/t24-,25+,28-/m1/s1. The Bertz CT molecular complexity index is 1320. The van der Waals surface area contributed by atoms with Crippen molar-refractivity contribution in [2.24, 2.45) is 11.8 Å². The number of aromatic nitrogens is 1. The Labute approximate surface area is 258 Å². The molecule has 10 heteroatoms. The summed E-state index contributed by atoms with van der Waals surface area (Å²) in [5, 5.41) is 0. The molecule has 10 nitrogen and oxygen atoms in total. The second-order valence-corrected chi connectivity index (χ2v) is 10.2. The lowest BCUT2D eigenvalue weighted by atomic mass is 9.95. The highest BCUT2D eigenvalue weighted by molar-refractivity contribution is 5.99. The summed E-state index contributed by atoms with van der Waals surface area (Å²) in [5.41, 5.74) is 2.11. The highest BCUT2D eigenvalue weighted by Crippen LogP contribution is 2.31. The van der Waals surface area contributed by atoms with E-state index in [0.29, 0.717) is 26.2 Å². The van der Waals surface area contributed by atoms with Gasteiger partial charge in [-0.1, -0.05) is 67.6 Å². The highest BCUT2D eigenvalue weighted by Gasteiger charge is 2.28. The van der Waals surface area contributed by atoms with Gasteiger partial charge in [0.15, 0.2) is 23.0 Å². The van der Waals surface area contributed by atoms with E-state index in [9.17, 15) is 14.4 Å².